The summed E-state index contributed by atoms with van der Waals surface area (Å²) in [6, 6.07) is 17.6. The van der Waals surface area contributed by atoms with Crippen LogP contribution >= 0.6 is 0 Å². The van der Waals surface area contributed by atoms with E-state index in [0.29, 0.717) is 18.7 Å². The maximum absolute atomic E-state index is 14.4. The Bertz CT molecular complexity index is 1760. The number of ether oxygens (including phenoxy) is 2. The number of fused-ring (bicyclic) bond motifs is 1. The first-order valence-corrected chi connectivity index (χ1v) is 17.0. The van der Waals surface area contributed by atoms with Crippen molar-refractivity contribution < 1.29 is 33.0 Å². The predicted octanol–water partition coefficient (Wildman–Crippen LogP) is 5.01. The molecule has 2 saturated heterocycles. The van der Waals surface area contributed by atoms with E-state index in [1.165, 1.54) is 19.2 Å². The average molecular weight is 698 g/mol. The number of rotatable bonds is 14. The minimum absolute atomic E-state index is 0.0821. The van der Waals surface area contributed by atoms with Gasteiger partial charge in [-0.1, -0.05) is 74.2 Å². The van der Waals surface area contributed by atoms with Gasteiger partial charge in [0.25, 0.3) is 0 Å². The molecule has 2 atom stereocenters. The van der Waals surface area contributed by atoms with E-state index < -0.39 is 24.2 Å². The molecule has 0 radical (unpaired) electrons. The number of hydrogen-bond acceptors (Lipinski definition) is 7. The monoisotopic (exact) mass is 697 g/mol. The molecule has 0 aliphatic carbocycles. The number of carbonyl (C=O) groups is 4. The van der Waals surface area contributed by atoms with Crippen LogP contribution in [0.5, 0.6) is 5.75 Å². The summed E-state index contributed by atoms with van der Waals surface area (Å²) in [5, 5.41) is 6.22. The number of hydrazine groups is 1. The standard InChI is InChI=1S/C39H44FN5O6/c1-5-9-29-10-8-11-30(33(29)7-3)23-42-24-35-44(43(20-6-2)39(49)41-22-28-12-16-31(40)17-13-28)25-36(46)45(35)34(38(42)48)21-27-14-18-32(19-15-27)51-26-37(47)50-4/h5,7-19,34-35H,3,6,20-26H2,1-2,4H3,(H,41,49)/b9-5-/t34-,35+/m0/s1. The number of benzene rings is 3. The van der Waals surface area contributed by atoms with E-state index in [2.05, 4.69) is 16.6 Å². The lowest BCUT2D eigenvalue weighted by Crippen LogP contribution is -2.66. The first-order valence-electron chi connectivity index (χ1n) is 17.0. The molecule has 3 aromatic rings. The Balaban J connectivity index is 1.45. The van der Waals surface area contributed by atoms with Crippen LogP contribution in [0.15, 0.2) is 79.4 Å². The van der Waals surface area contributed by atoms with Crippen LogP contribution in [0.1, 0.15) is 48.1 Å². The fourth-order valence-corrected chi connectivity index (χ4v) is 6.52. The largest absolute Gasteiger partial charge is 0.482 e. The molecule has 0 aromatic heterocycles. The SMILES string of the molecule is C=Cc1c(/C=C\C)cccc1CN1C[C@H]2N(C(=O)CN2N(CCC)C(=O)NCc2ccc(F)cc2)[C@@H](Cc2ccc(OCC(=O)OC)cc2)C1=O. The third-order valence-electron chi connectivity index (χ3n) is 8.98. The molecule has 0 bridgehead atoms. The smallest absolute Gasteiger partial charge is 0.343 e. The second kappa shape index (κ2) is 16.9. The normalized spacial score (nSPS) is 17.4. The number of carbonyl (C=O) groups excluding carboxylic acids is 4. The average Bonchev–Trinajstić information content (AvgIpc) is 3.46. The fraction of sp³-hybridized carbons (Fsp3) is 0.333. The van der Waals surface area contributed by atoms with Crippen LogP contribution in [0.3, 0.4) is 0 Å². The second-order valence-corrected chi connectivity index (χ2v) is 12.4. The van der Waals surface area contributed by atoms with Crippen LogP contribution in [0.25, 0.3) is 12.2 Å². The molecule has 12 heteroatoms. The number of hydrogen-bond donors (Lipinski definition) is 1. The summed E-state index contributed by atoms with van der Waals surface area (Å²) in [6.45, 7) is 8.57. The highest BCUT2D eigenvalue weighted by Gasteiger charge is 2.52. The number of piperazine rings is 1. The molecule has 4 amide bonds. The second-order valence-electron chi connectivity index (χ2n) is 12.4. The molecule has 11 nitrogen and oxygen atoms in total. The fourth-order valence-electron chi connectivity index (χ4n) is 6.52. The molecule has 0 spiro atoms. The summed E-state index contributed by atoms with van der Waals surface area (Å²) in [7, 11) is 1.28. The van der Waals surface area contributed by atoms with Crippen LogP contribution < -0.4 is 10.1 Å². The van der Waals surface area contributed by atoms with Gasteiger partial charge in [-0.2, -0.15) is 5.01 Å². The highest BCUT2D eigenvalue weighted by Crippen LogP contribution is 2.31. The Hall–Kier alpha value is -5.49. The van der Waals surface area contributed by atoms with E-state index in [0.717, 1.165) is 27.8 Å². The van der Waals surface area contributed by atoms with Crippen molar-refractivity contribution >= 4 is 36.0 Å². The highest BCUT2D eigenvalue weighted by molar-refractivity contribution is 5.92. The van der Waals surface area contributed by atoms with Crippen LogP contribution in [0, 0.1) is 5.82 Å². The zero-order valence-corrected chi connectivity index (χ0v) is 29.2. The third kappa shape index (κ3) is 8.64. The van der Waals surface area contributed by atoms with Crippen molar-refractivity contribution in [3.05, 3.63) is 113 Å². The van der Waals surface area contributed by atoms with Gasteiger partial charge in [0, 0.05) is 26.1 Å². The van der Waals surface area contributed by atoms with Gasteiger partial charge in [-0.15, -0.1) is 0 Å². The molecule has 0 saturated carbocycles. The molecular formula is C39H44FN5O6. The summed E-state index contributed by atoms with van der Waals surface area (Å²) < 4.78 is 23.6. The van der Waals surface area contributed by atoms with E-state index >= 15 is 0 Å². The zero-order valence-electron chi connectivity index (χ0n) is 29.2. The minimum atomic E-state index is -0.847. The van der Waals surface area contributed by atoms with Gasteiger partial charge in [-0.25, -0.2) is 14.0 Å². The van der Waals surface area contributed by atoms with Crippen molar-refractivity contribution in [3.8, 4) is 5.75 Å². The van der Waals surface area contributed by atoms with Gasteiger partial charge in [0.05, 0.1) is 20.2 Å². The van der Waals surface area contributed by atoms with E-state index in [4.69, 9.17) is 4.74 Å². The number of nitrogens with zero attached hydrogens (tertiary/aromatic N) is 4. The molecule has 3 aromatic carbocycles. The number of nitrogens with one attached hydrogen (secondary N) is 1. The van der Waals surface area contributed by atoms with E-state index in [1.54, 1.807) is 62.3 Å². The van der Waals surface area contributed by atoms with Crippen LogP contribution in [-0.4, -0.2) is 89.2 Å². The van der Waals surface area contributed by atoms with Crippen molar-refractivity contribution in [2.24, 2.45) is 0 Å². The third-order valence-corrected chi connectivity index (χ3v) is 8.98. The van der Waals surface area contributed by atoms with E-state index in [9.17, 15) is 23.6 Å². The maximum Gasteiger partial charge on any atom is 0.343 e. The van der Waals surface area contributed by atoms with E-state index in [-0.39, 0.29) is 56.8 Å². The first kappa shape index (κ1) is 36.8. The molecule has 5 rings (SSSR count). The van der Waals surface area contributed by atoms with Gasteiger partial charge in [0.15, 0.2) is 6.61 Å². The predicted molar refractivity (Wildman–Crippen MR) is 191 cm³/mol. The van der Waals surface area contributed by atoms with Gasteiger partial charge in [0.2, 0.25) is 11.8 Å². The van der Waals surface area contributed by atoms with E-state index in [1.807, 2.05) is 44.2 Å². The summed E-state index contributed by atoms with van der Waals surface area (Å²) in [4.78, 5) is 56.9. The number of urea groups is 1. The number of esters is 1. The van der Waals surface area contributed by atoms with Gasteiger partial charge >= 0.3 is 12.0 Å². The van der Waals surface area contributed by atoms with Crippen LogP contribution in [-0.2, 0) is 38.6 Å². The molecule has 1 N–H and O–H groups in total. The van der Waals surface area contributed by atoms with Crippen LogP contribution in [0.2, 0.25) is 0 Å². The van der Waals surface area contributed by atoms with Crippen molar-refractivity contribution in [3.63, 3.8) is 0 Å². The zero-order chi connectivity index (χ0) is 36.5. The summed E-state index contributed by atoms with van der Waals surface area (Å²) in [6.07, 6.45) is 5.96. The Morgan fingerprint density at radius 2 is 1.78 bits per heavy atom. The van der Waals surface area contributed by atoms with Gasteiger partial charge < -0.3 is 24.6 Å². The van der Waals surface area contributed by atoms with Crippen LogP contribution in [0.4, 0.5) is 9.18 Å². The number of allylic oxidation sites excluding steroid dienone is 1. The molecule has 2 fully saturated rings. The van der Waals surface area contributed by atoms with Crippen molar-refractivity contribution in [2.75, 3.05) is 33.4 Å². The molecule has 0 unspecified atom stereocenters. The van der Waals surface area contributed by atoms with Gasteiger partial charge in [0.1, 0.15) is 23.8 Å². The lowest BCUT2D eigenvalue weighted by atomic mass is 9.97. The highest BCUT2D eigenvalue weighted by atomic mass is 19.1. The molecular weight excluding hydrogens is 653 g/mol. The molecule has 2 heterocycles. The Morgan fingerprint density at radius 3 is 2.45 bits per heavy atom. The minimum Gasteiger partial charge on any atom is -0.482 e. The summed E-state index contributed by atoms with van der Waals surface area (Å²) >= 11 is 0. The Kier molecular flexibility index (Phi) is 12.2. The molecule has 2 aliphatic heterocycles. The maximum atomic E-state index is 14.4. The van der Waals surface area contributed by atoms with Gasteiger partial charge in [-0.05, 0) is 65.4 Å². The topological polar surface area (TPSA) is 112 Å². The summed E-state index contributed by atoms with van der Waals surface area (Å²) in [5.41, 5.74) is 4.32. The number of halogens is 1. The Morgan fingerprint density at radius 1 is 1.06 bits per heavy atom. The quantitative estimate of drug-likeness (QED) is 0.236. The number of methoxy groups -OCH3 is 1. The van der Waals surface area contributed by atoms with Crippen molar-refractivity contribution in [2.45, 2.75) is 52.0 Å². The Labute approximate surface area is 297 Å². The molecule has 268 valence electrons. The molecule has 2 aliphatic rings. The number of amides is 4. The van der Waals surface area contributed by atoms with Crippen molar-refractivity contribution in [1.82, 2.24) is 25.1 Å². The molecule has 51 heavy (non-hydrogen) atoms. The first-order chi connectivity index (χ1) is 24.7. The van der Waals surface area contributed by atoms with Gasteiger partial charge in [-0.3, -0.25) is 14.6 Å². The lowest BCUT2D eigenvalue weighted by Gasteiger charge is -2.46. The van der Waals surface area contributed by atoms with Crippen molar-refractivity contribution in [1.29, 1.82) is 0 Å². The summed E-state index contributed by atoms with van der Waals surface area (Å²) in [5.74, 6) is -0.878. The lowest BCUT2D eigenvalue weighted by molar-refractivity contribution is -0.157.